The molecule has 5 heteroatoms. The number of rotatable bonds is 5. The molecule has 3 heterocycles. The molecule has 0 aliphatic heterocycles. The van der Waals surface area contributed by atoms with Crippen LogP contribution in [0.25, 0.3) is 99.9 Å². The van der Waals surface area contributed by atoms with Crippen molar-refractivity contribution < 1.29 is 0 Å². The second-order valence-corrected chi connectivity index (χ2v) is 13.7. The van der Waals surface area contributed by atoms with E-state index in [0.29, 0.717) is 17.5 Å². The van der Waals surface area contributed by atoms with Crippen molar-refractivity contribution in [2.24, 2.45) is 0 Å². The van der Waals surface area contributed by atoms with Gasteiger partial charge in [-0.3, -0.25) is 0 Å². The lowest BCUT2D eigenvalue weighted by Gasteiger charge is -2.13. The van der Waals surface area contributed by atoms with Gasteiger partial charge in [-0.05, 0) is 65.4 Å². The van der Waals surface area contributed by atoms with E-state index in [1.807, 2.05) is 30.3 Å². The Bertz CT molecular complexity index is 3200. The third-order valence-corrected chi connectivity index (χ3v) is 10.5. The van der Waals surface area contributed by atoms with Gasteiger partial charge in [0.05, 0.1) is 22.1 Å². The molecule has 0 atom stereocenters. The number of nitrogens with zero attached hydrogens (tertiary/aromatic N) is 5. The second kappa shape index (κ2) is 12.1. The third-order valence-electron chi connectivity index (χ3n) is 10.5. The molecule has 0 amide bonds. The zero-order chi connectivity index (χ0) is 35.6. The van der Waals surface area contributed by atoms with Crippen molar-refractivity contribution in [2.45, 2.75) is 0 Å². The monoisotopic (exact) mass is 689 g/mol. The Morgan fingerprint density at radius 2 is 0.741 bits per heavy atom. The van der Waals surface area contributed by atoms with Gasteiger partial charge in [-0.25, -0.2) is 15.0 Å². The predicted octanol–water partition coefficient (Wildman–Crippen LogP) is 12.2. The highest BCUT2D eigenvalue weighted by Gasteiger charge is 2.21. The Kier molecular flexibility index (Phi) is 6.79. The summed E-state index contributed by atoms with van der Waals surface area (Å²) in [6.07, 6.45) is 0. The SMILES string of the molecule is c1ccc(-c2nc(-c3ccc(-n4c5ccccc5c5ccc6c7ccccc7n(-c7ccccc7)c6c54)cc3)nc(-c3ccc4ccccc4c3)n2)cc1. The maximum atomic E-state index is 5.08. The van der Waals surface area contributed by atoms with Crippen LogP contribution < -0.4 is 0 Å². The second-order valence-electron chi connectivity index (χ2n) is 13.7. The molecule has 0 spiro atoms. The van der Waals surface area contributed by atoms with Crippen molar-refractivity contribution in [1.29, 1.82) is 0 Å². The van der Waals surface area contributed by atoms with Crippen molar-refractivity contribution in [2.75, 3.05) is 0 Å². The van der Waals surface area contributed by atoms with Gasteiger partial charge in [-0.15, -0.1) is 0 Å². The first-order valence-corrected chi connectivity index (χ1v) is 18.2. The van der Waals surface area contributed by atoms with Crippen LogP contribution in [0.3, 0.4) is 0 Å². The first-order valence-electron chi connectivity index (χ1n) is 18.2. The standard InChI is InChI=1S/C49H31N5/c1-3-14-33(15-4-1)47-50-48(52-49(51-47)36-24-23-32-13-7-8-16-35(32)31-36)34-25-27-38(28-26-34)54-44-22-12-10-20-40(44)42-30-29-41-39-19-9-11-21-43(39)53(45(41)46(42)54)37-17-5-2-6-18-37/h1-31H. The quantitative estimate of drug-likeness (QED) is 0.181. The molecule has 0 saturated carbocycles. The summed E-state index contributed by atoms with van der Waals surface area (Å²) in [6, 6.07) is 66.2. The predicted molar refractivity (Wildman–Crippen MR) is 222 cm³/mol. The Balaban J connectivity index is 1.12. The molecule has 0 fully saturated rings. The van der Waals surface area contributed by atoms with Crippen LogP contribution in [0, 0.1) is 0 Å². The van der Waals surface area contributed by atoms with Crippen LogP contribution in [-0.4, -0.2) is 24.1 Å². The highest BCUT2D eigenvalue weighted by molar-refractivity contribution is 6.23. The van der Waals surface area contributed by atoms with Gasteiger partial charge >= 0.3 is 0 Å². The van der Waals surface area contributed by atoms with Gasteiger partial charge in [0.25, 0.3) is 0 Å². The largest absolute Gasteiger partial charge is 0.307 e. The van der Waals surface area contributed by atoms with Crippen LogP contribution >= 0.6 is 0 Å². The van der Waals surface area contributed by atoms with Gasteiger partial charge in [0.1, 0.15) is 0 Å². The summed E-state index contributed by atoms with van der Waals surface area (Å²) in [7, 11) is 0. The number of benzene rings is 8. The van der Waals surface area contributed by atoms with Crippen LogP contribution in [0.1, 0.15) is 0 Å². The molecule has 0 unspecified atom stereocenters. The van der Waals surface area contributed by atoms with Gasteiger partial charge < -0.3 is 9.13 Å². The minimum Gasteiger partial charge on any atom is -0.307 e. The summed E-state index contributed by atoms with van der Waals surface area (Å²) in [4.78, 5) is 15.1. The first-order chi connectivity index (χ1) is 26.8. The molecule has 0 aliphatic carbocycles. The van der Waals surface area contributed by atoms with E-state index in [4.69, 9.17) is 15.0 Å². The molecule has 0 N–H and O–H groups in total. The molecule has 3 aromatic heterocycles. The smallest absolute Gasteiger partial charge is 0.164 e. The maximum absolute atomic E-state index is 5.08. The van der Waals surface area contributed by atoms with E-state index >= 15 is 0 Å². The minimum absolute atomic E-state index is 0.632. The maximum Gasteiger partial charge on any atom is 0.164 e. The van der Waals surface area contributed by atoms with E-state index in [9.17, 15) is 0 Å². The molecule has 11 aromatic rings. The van der Waals surface area contributed by atoms with Crippen LogP contribution in [0.5, 0.6) is 0 Å². The summed E-state index contributed by atoms with van der Waals surface area (Å²) in [5, 5.41) is 7.22. The zero-order valence-electron chi connectivity index (χ0n) is 29.1. The molecule has 0 bridgehead atoms. The van der Waals surface area contributed by atoms with Crippen molar-refractivity contribution in [3.05, 3.63) is 188 Å². The summed E-state index contributed by atoms with van der Waals surface area (Å²) in [6.45, 7) is 0. The normalized spacial score (nSPS) is 11.7. The highest BCUT2D eigenvalue weighted by atomic mass is 15.1. The van der Waals surface area contributed by atoms with Crippen LogP contribution in [0.2, 0.25) is 0 Å². The van der Waals surface area contributed by atoms with Crippen LogP contribution in [0.15, 0.2) is 188 Å². The molecule has 0 saturated heterocycles. The lowest BCUT2D eigenvalue weighted by Crippen LogP contribution is -2.01. The van der Waals surface area contributed by atoms with E-state index in [0.717, 1.165) is 39.0 Å². The fourth-order valence-electron chi connectivity index (χ4n) is 8.05. The Morgan fingerprint density at radius 1 is 0.296 bits per heavy atom. The summed E-state index contributed by atoms with van der Waals surface area (Å²) >= 11 is 0. The lowest BCUT2D eigenvalue weighted by molar-refractivity contribution is 1.07. The van der Waals surface area contributed by atoms with Crippen molar-refractivity contribution >= 4 is 54.4 Å². The molecular formula is C49H31N5. The molecule has 54 heavy (non-hydrogen) atoms. The minimum atomic E-state index is 0.632. The number of fused-ring (bicyclic) bond motifs is 8. The van der Waals surface area contributed by atoms with Crippen LogP contribution in [-0.2, 0) is 0 Å². The Morgan fingerprint density at radius 3 is 1.35 bits per heavy atom. The van der Waals surface area contributed by atoms with Crippen molar-refractivity contribution in [3.63, 3.8) is 0 Å². The van der Waals surface area contributed by atoms with Crippen molar-refractivity contribution in [3.8, 4) is 45.5 Å². The molecule has 0 radical (unpaired) electrons. The topological polar surface area (TPSA) is 48.5 Å². The molecule has 11 rings (SSSR count). The molecule has 0 aliphatic rings. The molecule has 8 aromatic carbocycles. The van der Waals surface area contributed by atoms with E-state index in [2.05, 4.69) is 167 Å². The summed E-state index contributed by atoms with van der Waals surface area (Å²) < 4.78 is 4.83. The fraction of sp³-hybridized carbons (Fsp3) is 0. The van der Waals surface area contributed by atoms with E-state index < -0.39 is 0 Å². The number of para-hydroxylation sites is 3. The van der Waals surface area contributed by atoms with Gasteiger partial charge in [-0.1, -0.05) is 133 Å². The first kappa shape index (κ1) is 30.3. The molecule has 5 nitrogen and oxygen atoms in total. The average molecular weight is 690 g/mol. The summed E-state index contributed by atoms with van der Waals surface area (Å²) in [5.74, 6) is 1.92. The Hall–Kier alpha value is -7.37. The third kappa shape index (κ3) is 4.76. The average Bonchev–Trinajstić information content (AvgIpc) is 3.77. The van der Waals surface area contributed by atoms with Crippen molar-refractivity contribution in [1.82, 2.24) is 24.1 Å². The zero-order valence-corrected chi connectivity index (χ0v) is 29.1. The van der Waals surface area contributed by atoms with Crippen LogP contribution in [0.4, 0.5) is 0 Å². The van der Waals surface area contributed by atoms with E-state index in [1.165, 1.54) is 43.5 Å². The van der Waals surface area contributed by atoms with Gasteiger partial charge in [0.15, 0.2) is 17.5 Å². The van der Waals surface area contributed by atoms with Gasteiger partial charge in [0.2, 0.25) is 0 Å². The fourth-order valence-corrected chi connectivity index (χ4v) is 8.05. The van der Waals surface area contributed by atoms with E-state index in [-0.39, 0.29) is 0 Å². The number of aromatic nitrogens is 5. The lowest BCUT2D eigenvalue weighted by atomic mass is 10.1. The van der Waals surface area contributed by atoms with E-state index in [1.54, 1.807) is 0 Å². The van der Waals surface area contributed by atoms with Gasteiger partial charge in [0, 0.05) is 49.6 Å². The summed E-state index contributed by atoms with van der Waals surface area (Å²) in [5.41, 5.74) is 9.72. The number of hydrogen-bond donors (Lipinski definition) is 0. The Labute approximate surface area is 311 Å². The molecular weight excluding hydrogens is 659 g/mol. The molecule has 252 valence electrons. The number of hydrogen-bond acceptors (Lipinski definition) is 3. The van der Waals surface area contributed by atoms with Gasteiger partial charge in [-0.2, -0.15) is 0 Å². The highest BCUT2D eigenvalue weighted by Crippen LogP contribution is 2.41.